The summed E-state index contributed by atoms with van der Waals surface area (Å²) in [7, 11) is 0. The van der Waals surface area contributed by atoms with Gasteiger partial charge in [0.15, 0.2) is 0 Å². The Morgan fingerprint density at radius 3 is 2.33 bits per heavy atom. The minimum absolute atomic E-state index is 0.101. The summed E-state index contributed by atoms with van der Waals surface area (Å²) in [6.45, 7) is 1.66. The molecule has 18 heavy (non-hydrogen) atoms. The molecule has 1 heterocycles. The molecular formula is C13H11F3O2. The molecule has 0 saturated heterocycles. The molecule has 2 aromatic rings. The number of hydrogen-bond acceptors (Lipinski definition) is 2. The number of furan rings is 1. The molecule has 0 fully saturated rings. The Bertz CT molecular complexity index is 543. The summed E-state index contributed by atoms with van der Waals surface area (Å²) in [4.78, 5) is 0. The van der Waals surface area contributed by atoms with Crippen molar-refractivity contribution < 1.29 is 22.7 Å². The maximum atomic E-state index is 12.8. The Morgan fingerprint density at radius 1 is 1.11 bits per heavy atom. The van der Waals surface area contributed by atoms with E-state index < -0.39 is 17.8 Å². The van der Waals surface area contributed by atoms with E-state index in [2.05, 4.69) is 0 Å². The Labute approximate surface area is 102 Å². The van der Waals surface area contributed by atoms with Crippen LogP contribution in [0.5, 0.6) is 0 Å². The predicted octanol–water partition coefficient (Wildman–Crippen LogP) is 3.69. The van der Waals surface area contributed by atoms with E-state index in [0.29, 0.717) is 5.76 Å². The third kappa shape index (κ3) is 2.41. The van der Waals surface area contributed by atoms with Crippen molar-refractivity contribution in [1.82, 2.24) is 0 Å². The number of aliphatic hydroxyl groups excluding tert-OH is 1. The zero-order valence-electron chi connectivity index (χ0n) is 9.53. The summed E-state index contributed by atoms with van der Waals surface area (Å²) in [5.41, 5.74) is -1.06. The fourth-order valence-corrected chi connectivity index (χ4v) is 1.75. The Kier molecular flexibility index (Phi) is 3.17. The van der Waals surface area contributed by atoms with Gasteiger partial charge in [-0.3, -0.25) is 0 Å². The molecule has 0 aliphatic rings. The summed E-state index contributed by atoms with van der Waals surface area (Å²) in [5, 5.41) is 9.96. The van der Waals surface area contributed by atoms with Crippen LogP contribution in [-0.2, 0) is 6.18 Å². The van der Waals surface area contributed by atoms with Gasteiger partial charge in [0.25, 0.3) is 0 Å². The molecule has 0 bridgehead atoms. The van der Waals surface area contributed by atoms with Crippen LogP contribution in [-0.4, -0.2) is 5.11 Å². The normalized spacial score (nSPS) is 13.6. The van der Waals surface area contributed by atoms with Crippen LogP contribution < -0.4 is 0 Å². The van der Waals surface area contributed by atoms with E-state index in [0.717, 1.165) is 6.07 Å². The highest BCUT2D eigenvalue weighted by molar-refractivity contribution is 5.35. The van der Waals surface area contributed by atoms with E-state index in [4.69, 9.17) is 4.42 Å². The lowest BCUT2D eigenvalue weighted by Gasteiger charge is -2.15. The van der Waals surface area contributed by atoms with Crippen LogP contribution >= 0.6 is 0 Å². The van der Waals surface area contributed by atoms with Crippen molar-refractivity contribution in [2.75, 3.05) is 0 Å². The van der Waals surface area contributed by atoms with Crippen LogP contribution in [0.1, 0.15) is 28.8 Å². The van der Waals surface area contributed by atoms with Gasteiger partial charge in [-0.2, -0.15) is 13.2 Å². The van der Waals surface area contributed by atoms with Gasteiger partial charge in [0, 0.05) is 5.56 Å². The van der Waals surface area contributed by atoms with Crippen LogP contribution in [0.3, 0.4) is 0 Å². The molecule has 5 heteroatoms. The molecule has 0 spiro atoms. The first-order valence-electron chi connectivity index (χ1n) is 5.30. The Hall–Kier alpha value is -1.75. The van der Waals surface area contributed by atoms with Crippen LogP contribution in [0, 0.1) is 6.92 Å². The van der Waals surface area contributed by atoms with Crippen LogP contribution in [0.4, 0.5) is 13.2 Å². The lowest BCUT2D eigenvalue weighted by molar-refractivity contribution is -0.139. The molecule has 1 aromatic carbocycles. The van der Waals surface area contributed by atoms with Crippen molar-refractivity contribution in [2.24, 2.45) is 0 Å². The van der Waals surface area contributed by atoms with Gasteiger partial charge in [0.2, 0.25) is 0 Å². The number of hydrogen-bond donors (Lipinski definition) is 1. The van der Waals surface area contributed by atoms with Gasteiger partial charge in [0.05, 0.1) is 5.56 Å². The summed E-state index contributed by atoms with van der Waals surface area (Å²) < 4.78 is 43.5. The van der Waals surface area contributed by atoms with Crippen molar-refractivity contribution in [3.05, 3.63) is 59.0 Å². The maximum absolute atomic E-state index is 12.8. The van der Waals surface area contributed by atoms with Gasteiger partial charge in [-0.25, -0.2) is 0 Å². The van der Waals surface area contributed by atoms with Crippen molar-refractivity contribution in [3.63, 3.8) is 0 Å². The van der Waals surface area contributed by atoms with Gasteiger partial charge < -0.3 is 9.52 Å². The average molecular weight is 256 g/mol. The van der Waals surface area contributed by atoms with Gasteiger partial charge in [-0.05, 0) is 25.1 Å². The van der Waals surface area contributed by atoms with Gasteiger partial charge in [0.1, 0.15) is 17.6 Å². The molecule has 0 saturated carbocycles. The fourth-order valence-electron chi connectivity index (χ4n) is 1.75. The maximum Gasteiger partial charge on any atom is 0.416 e. The second-order valence-electron chi connectivity index (χ2n) is 3.94. The summed E-state index contributed by atoms with van der Waals surface area (Å²) in [6.07, 6.45) is -5.92. The lowest BCUT2D eigenvalue weighted by Crippen LogP contribution is -2.12. The van der Waals surface area contributed by atoms with Crippen LogP contribution in [0.2, 0.25) is 0 Å². The molecule has 1 atom stereocenters. The van der Waals surface area contributed by atoms with E-state index >= 15 is 0 Å². The minimum atomic E-state index is -4.50. The molecule has 0 amide bonds. The lowest BCUT2D eigenvalue weighted by atomic mass is 10.0. The number of rotatable bonds is 2. The Balaban J connectivity index is 2.45. The number of alkyl halides is 3. The zero-order valence-corrected chi connectivity index (χ0v) is 9.53. The third-order valence-corrected chi connectivity index (χ3v) is 2.59. The molecule has 0 radical (unpaired) electrons. The van der Waals surface area contributed by atoms with Crippen LogP contribution in [0.15, 0.2) is 40.8 Å². The Morgan fingerprint density at radius 2 is 1.78 bits per heavy atom. The third-order valence-electron chi connectivity index (χ3n) is 2.59. The molecular weight excluding hydrogens is 245 g/mol. The number of aryl methyl sites for hydroxylation is 1. The second-order valence-corrected chi connectivity index (χ2v) is 3.94. The first-order chi connectivity index (χ1) is 8.39. The highest BCUT2D eigenvalue weighted by Crippen LogP contribution is 2.36. The standard InChI is InChI=1S/C13H11F3O2/c1-8-6-7-11(18-8)12(17)9-4-2-3-5-10(9)13(14,15)16/h2-7,12,17H,1H3. The monoisotopic (exact) mass is 256 g/mol. The average Bonchev–Trinajstić information content (AvgIpc) is 2.74. The first-order valence-corrected chi connectivity index (χ1v) is 5.30. The first kappa shape index (κ1) is 12.7. The van der Waals surface area contributed by atoms with Gasteiger partial charge in [-0.15, -0.1) is 0 Å². The molecule has 1 N–H and O–H groups in total. The highest BCUT2D eigenvalue weighted by atomic mass is 19.4. The largest absolute Gasteiger partial charge is 0.463 e. The number of halogens is 3. The summed E-state index contributed by atoms with van der Waals surface area (Å²) in [6, 6.07) is 7.97. The molecule has 0 aliphatic heterocycles. The predicted molar refractivity (Wildman–Crippen MR) is 59.0 cm³/mol. The van der Waals surface area contributed by atoms with E-state index in [9.17, 15) is 18.3 Å². The van der Waals surface area contributed by atoms with Crippen LogP contribution in [0.25, 0.3) is 0 Å². The molecule has 96 valence electrons. The molecule has 1 aromatic heterocycles. The van der Waals surface area contributed by atoms with E-state index in [1.54, 1.807) is 13.0 Å². The van der Waals surface area contributed by atoms with E-state index in [-0.39, 0.29) is 11.3 Å². The van der Waals surface area contributed by atoms with E-state index in [1.807, 2.05) is 0 Å². The molecule has 1 unspecified atom stereocenters. The van der Waals surface area contributed by atoms with Crippen molar-refractivity contribution in [2.45, 2.75) is 19.2 Å². The summed E-state index contributed by atoms with van der Waals surface area (Å²) >= 11 is 0. The van der Waals surface area contributed by atoms with E-state index in [1.165, 1.54) is 24.3 Å². The van der Waals surface area contributed by atoms with Crippen molar-refractivity contribution in [1.29, 1.82) is 0 Å². The smallest absolute Gasteiger partial charge is 0.416 e. The fraction of sp³-hybridized carbons (Fsp3) is 0.231. The SMILES string of the molecule is Cc1ccc(C(O)c2ccccc2C(F)(F)F)o1. The highest BCUT2D eigenvalue weighted by Gasteiger charge is 2.35. The topological polar surface area (TPSA) is 33.4 Å². The van der Waals surface area contributed by atoms with Crippen molar-refractivity contribution in [3.8, 4) is 0 Å². The van der Waals surface area contributed by atoms with Gasteiger partial charge in [-0.1, -0.05) is 18.2 Å². The zero-order chi connectivity index (χ0) is 13.3. The minimum Gasteiger partial charge on any atom is -0.463 e. The second kappa shape index (κ2) is 4.49. The number of aliphatic hydroxyl groups is 1. The molecule has 2 rings (SSSR count). The summed E-state index contributed by atoms with van der Waals surface area (Å²) in [5.74, 6) is 0.637. The van der Waals surface area contributed by atoms with Crippen molar-refractivity contribution >= 4 is 0 Å². The molecule has 0 aliphatic carbocycles. The quantitative estimate of drug-likeness (QED) is 0.889. The molecule has 2 nitrogen and oxygen atoms in total. The number of benzene rings is 1. The van der Waals surface area contributed by atoms with Gasteiger partial charge >= 0.3 is 6.18 Å².